The molecule has 0 atom stereocenters. The van der Waals surface area contributed by atoms with Gasteiger partial charge in [-0.2, -0.15) is 0 Å². The Kier molecular flexibility index (Phi) is 7.51. The number of hydrogen-bond acceptors (Lipinski definition) is 4. The van der Waals surface area contributed by atoms with Crippen molar-refractivity contribution in [2.75, 3.05) is 40.3 Å². The van der Waals surface area contributed by atoms with Crippen LogP contribution in [-0.2, 0) is 9.59 Å². The van der Waals surface area contributed by atoms with E-state index in [9.17, 15) is 14.4 Å². The monoisotopic (exact) mass is 400 g/mol. The number of piperidine rings is 1. The number of hydrogen-bond donors (Lipinski definition) is 1. The van der Waals surface area contributed by atoms with E-state index in [1.54, 1.807) is 11.9 Å². The number of rotatable bonds is 5. The summed E-state index contributed by atoms with van der Waals surface area (Å²) in [5.74, 6) is 0.389. The summed E-state index contributed by atoms with van der Waals surface area (Å²) in [4.78, 5) is 42.9. The molecule has 0 aromatic rings. The number of halogens is 1. The third-order valence-corrected chi connectivity index (χ3v) is 6.55. The van der Waals surface area contributed by atoms with Crippen molar-refractivity contribution in [3.8, 4) is 0 Å². The molecule has 1 N–H and O–H groups in total. The lowest BCUT2D eigenvalue weighted by atomic mass is 9.81. The molecule has 1 saturated carbocycles. The fourth-order valence-corrected chi connectivity index (χ4v) is 4.73. The molecule has 1 aliphatic carbocycles. The van der Waals surface area contributed by atoms with E-state index in [1.807, 2.05) is 11.9 Å². The summed E-state index contributed by atoms with van der Waals surface area (Å²) in [5, 5.41) is 3.17. The summed E-state index contributed by atoms with van der Waals surface area (Å²) in [6.07, 6.45) is 7.60. The van der Waals surface area contributed by atoms with Gasteiger partial charge < -0.3 is 15.1 Å². The van der Waals surface area contributed by atoms with E-state index in [-0.39, 0.29) is 36.8 Å². The lowest BCUT2D eigenvalue weighted by molar-refractivity contribution is -0.141. The predicted molar refractivity (Wildman–Crippen MR) is 106 cm³/mol. The van der Waals surface area contributed by atoms with Gasteiger partial charge in [0.2, 0.25) is 5.91 Å². The summed E-state index contributed by atoms with van der Waals surface area (Å²) >= 11 is 0. The van der Waals surface area contributed by atoms with Gasteiger partial charge in [-0.15, -0.1) is 12.4 Å². The maximum Gasteiger partial charge on any atom is 0.327 e. The van der Waals surface area contributed by atoms with Crippen LogP contribution in [0.5, 0.6) is 0 Å². The topological polar surface area (TPSA) is 73.0 Å². The van der Waals surface area contributed by atoms with Crippen LogP contribution in [0.15, 0.2) is 0 Å². The number of amides is 4. The molecule has 7 nitrogen and oxygen atoms in total. The Labute approximate surface area is 168 Å². The highest BCUT2D eigenvalue weighted by Crippen LogP contribution is 2.39. The Bertz CT molecular complexity index is 557. The molecule has 4 amide bonds. The number of carbonyl (C=O) groups is 3. The zero-order valence-electron chi connectivity index (χ0n) is 16.5. The van der Waals surface area contributed by atoms with E-state index in [1.165, 1.54) is 4.90 Å². The third kappa shape index (κ3) is 4.24. The minimum atomic E-state index is -0.699. The molecule has 0 aromatic heterocycles. The van der Waals surface area contributed by atoms with Crippen LogP contribution in [0, 0.1) is 5.92 Å². The highest BCUT2D eigenvalue weighted by Gasteiger charge is 2.56. The molecule has 2 saturated heterocycles. The summed E-state index contributed by atoms with van der Waals surface area (Å²) in [7, 11) is 3.67. The van der Waals surface area contributed by atoms with Crippen LogP contribution in [0.25, 0.3) is 0 Å². The van der Waals surface area contributed by atoms with Crippen LogP contribution in [-0.4, -0.2) is 78.4 Å². The fraction of sp³-hybridized carbons (Fsp3) is 0.842. The maximum atomic E-state index is 13.0. The lowest BCUT2D eigenvalue weighted by Crippen LogP contribution is -2.50. The summed E-state index contributed by atoms with van der Waals surface area (Å²) in [6, 6.07) is -0.311. The Hall–Kier alpha value is -1.34. The Morgan fingerprint density at radius 1 is 1.15 bits per heavy atom. The average Bonchev–Trinajstić information content (AvgIpc) is 2.83. The first kappa shape index (κ1) is 22.0. The smallest absolute Gasteiger partial charge is 0.327 e. The van der Waals surface area contributed by atoms with E-state index < -0.39 is 5.54 Å². The lowest BCUT2D eigenvalue weighted by Gasteiger charge is -2.36. The minimum Gasteiger partial charge on any atom is -0.341 e. The molecule has 0 aromatic carbocycles. The van der Waals surface area contributed by atoms with Gasteiger partial charge in [0.25, 0.3) is 5.91 Å². The van der Waals surface area contributed by atoms with E-state index in [2.05, 4.69) is 5.32 Å². The number of nitrogens with one attached hydrogen (secondary N) is 1. The molecule has 154 valence electrons. The molecule has 2 aliphatic heterocycles. The van der Waals surface area contributed by atoms with E-state index in [0.29, 0.717) is 5.92 Å². The van der Waals surface area contributed by atoms with Gasteiger partial charge in [0.05, 0.1) is 0 Å². The van der Waals surface area contributed by atoms with Gasteiger partial charge in [-0.05, 0) is 51.6 Å². The van der Waals surface area contributed by atoms with Crippen molar-refractivity contribution in [3.63, 3.8) is 0 Å². The quantitative estimate of drug-likeness (QED) is 0.715. The largest absolute Gasteiger partial charge is 0.341 e. The molecular weight excluding hydrogens is 368 g/mol. The highest BCUT2D eigenvalue weighted by molar-refractivity contribution is 6.08. The zero-order valence-corrected chi connectivity index (χ0v) is 17.4. The molecule has 0 bridgehead atoms. The molecule has 3 rings (SSSR count). The molecular formula is C19H33ClN4O3. The number of carbonyl (C=O) groups excluding carboxylic acids is 3. The second-order valence-electron chi connectivity index (χ2n) is 8.04. The van der Waals surface area contributed by atoms with Crippen molar-refractivity contribution in [3.05, 3.63) is 0 Å². The van der Waals surface area contributed by atoms with Crippen molar-refractivity contribution in [1.29, 1.82) is 0 Å². The van der Waals surface area contributed by atoms with Gasteiger partial charge in [-0.1, -0.05) is 19.3 Å². The van der Waals surface area contributed by atoms with Crippen LogP contribution in [0.2, 0.25) is 0 Å². The van der Waals surface area contributed by atoms with Gasteiger partial charge in [-0.25, -0.2) is 4.79 Å². The van der Waals surface area contributed by atoms with E-state index >= 15 is 0 Å². The highest BCUT2D eigenvalue weighted by atomic mass is 35.5. The van der Waals surface area contributed by atoms with Crippen LogP contribution in [0.1, 0.15) is 51.4 Å². The molecule has 2 heterocycles. The molecule has 3 aliphatic rings. The Balaban J connectivity index is 0.00000261. The number of likely N-dealkylation sites (tertiary alicyclic amines) is 1. The van der Waals surface area contributed by atoms with Crippen molar-refractivity contribution >= 4 is 30.3 Å². The van der Waals surface area contributed by atoms with Crippen LogP contribution in [0.4, 0.5) is 4.79 Å². The molecule has 1 spiro atoms. The Morgan fingerprint density at radius 2 is 1.78 bits per heavy atom. The summed E-state index contributed by atoms with van der Waals surface area (Å²) < 4.78 is 0. The summed E-state index contributed by atoms with van der Waals surface area (Å²) in [6.45, 7) is 2.35. The first-order valence-corrected chi connectivity index (χ1v) is 10.0. The molecule has 0 unspecified atom stereocenters. The summed E-state index contributed by atoms with van der Waals surface area (Å²) in [5.41, 5.74) is -0.699. The first-order valence-electron chi connectivity index (χ1n) is 10.0. The van der Waals surface area contributed by atoms with Gasteiger partial charge >= 0.3 is 6.03 Å². The number of likely N-dealkylation sites (N-methyl/N-ethyl adjacent to an activating group) is 1. The molecule has 8 heteroatoms. The fourth-order valence-electron chi connectivity index (χ4n) is 4.73. The number of nitrogens with zero attached hydrogens (tertiary/aromatic N) is 3. The predicted octanol–water partition coefficient (Wildman–Crippen LogP) is 1.85. The molecule has 0 radical (unpaired) electrons. The normalized spacial score (nSPS) is 23.1. The van der Waals surface area contributed by atoms with E-state index in [0.717, 1.165) is 71.0 Å². The number of imide groups is 1. The number of urea groups is 1. The van der Waals surface area contributed by atoms with Crippen molar-refractivity contribution < 1.29 is 14.4 Å². The van der Waals surface area contributed by atoms with Crippen LogP contribution >= 0.6 is 12.4 Å². The standard InChI is InChI=1S/C19H32N4O3.ClH/c1-20-11-6-15-7-12-22(13-8-15)16(24)14-23-17(25)19(21(2)18(23)26)9-4-3-5-10-19;/h15,20H,3-14H2,1-2H3;1H. The molecule has 27 heavy (non-hydrogen) atoms. The van der Waals surface area contributed by atoms with Gasteiger partial charge in [0.1, 0.15) is 12.1 Å². The Morgan fingerprint density at radius 3 is 2.37 bits per heavy atom. The van der Waals surface area contributed by atoms with Gasteiger partial charge in [-0.3, -0.25) is 14.5 Å². The van der Waals surface area contributed by atoms with Crippen molar-refractivity contribution in [1.82, 2.24) is 20.0 Å². The first-order chi connectivity index (χ1) is 12.5. The second kappa shape index (κ2) is 9.24. The maximum absolute atomic E-state index is 13.0. The average molecular weight is 401 g/mol. The third-order valence-electron chi connectivity index (χ3n) is 6.55. The van der Waals surface area contributed by atoms with Crippen LogP contribution < -0.4 is 5.32 Å². The van der Waals surface area contributed by atoms with Crippen molar-refractivity contribution in [2.24, 2.45) is 5.92 Å². The molecule has 3 fully saturated rings. The minimum absolute atomic E-state index is 0. The zero-order chi connectivity index (χ0) is 18.7. The van der Waals surface area contributed by atoms with Gasteiger partial charge in [0, 0.05) is 20.1 Å². The second-order valence-corrected chi connectivity index (χ2v) is 8.04. The SMILES string of the molecule is CNCCC1CCN(C(=O)CN2C(=O)N(C)C3(CCCCC3)C2=O)CC1.Cl. The van der Waals surface area contributed by atoms with E-state index in [4.69, 9.17) is 0 Å². The van der Waals surface area contributed by atoms with Crippen LogP contribution in [0.3, 0.4) is 0 Å². The van der Waals surface area contributed by atoms with Gasteiger partial charge in [0.15, 0.2) is 0 Å². The van der Waals surface area contributed by atoms with Crippen molar-refractivity contribution in [2.45, 2.75) is 56.9 Å².